The van der Waals surface area contributed by atoms with Gasteiger partial charge in [-0.3, -0.25) is 4.57 Å². The largest absolute Gasteiger partial charge is 0.269 e. The van der Waals surface area contributed by atoms with E-state index in [1.54, 1.807) is 0 Å². The fourth-order valence-electron chi connectivity index (χ4n) is 2.38. The van der Waals surface area contributed by atoms with Crippen molar-refractivity contribution in [3.8, 4) is 22.3 Å². The van der Waals surface area contributed by atoms with E-state index in [-0.39, 0.29) is 8.46 Å². The monoisotopic (exact) mass is 276 g/mol. The van der Waals surface area contributed by atoms with Crippen molar-refractivity contribution in [3.05, 3.63) is 78.9 Å². The van der Waals surface area contributed by atoms with E-state index in [0.29, 0.717) is 0 Å². The summed E-state index contributed by atoms with van der Waals surface area (Å²) in [5.74, 6) is 0. The molecule has 0 aliphatic heterocycles. The van der Waals surface area contributed by atoms with Crippen molar-refractivity contribution in [2.75, 3.05) is 0 Å². The first-order valence-corrected chi connectivity index (χ1v) is 7.28. The van der Waals surface area contributed by atoms with Crippen molar-refractivity contribution in [2.24, 2.45) is 0 Å². The predicted molar refractivity (Wildman–Crippen MR) is 84.6 cm³/mol. The van der Waals surface area contributed by atoms with Crippen molar-refractivity contribution in [2.45, 2.75) is 0 Å². The highest BCUT2D eigenvalue weighted by Gasteiger charge is 2.11. The molecule has 0 aliphatic rings. The Hall–Kier alpha value is -2.24. The Morgan fingerprint density at radius 3 is 1.80 bits per heavy atom. The van der Waals surface area contributed by atoms with Gasteiger partial charge in [-0.2, -0.15) is 0 Å². The minimum atomic E-state index is 0.0474. The summed E-state index contributed by atoms with van der Waals surface area (Å²) in [4.78, 5) is 0. The molecular formula is C18H13OP. The molecule has 20 heavy (non-hydrogen) atoms. The lowest BCUT2D eigenvalue weighted by atomic mass is 9.94. The number of rotatable bonds is 3. The van der Waals surface area contributed by atoms with Crippen LogP contribution in [-0.2, 0) is 4.57 Å². The molecule has 0 unspecified atom stereocenters. The maximum Gasteiger partial charge on any atom is 0.192 e. The van der Waals surface area contributed by atoms with Crippen LogP contribution in [0.25, 0.3) is 22.3 Å². The first-order valence-electron chi connectivity index (χ1n) is 6.47. The van der Waals surface area contributed by atoms with Crippen molar-refractivity contribution < 1.29 is 4.57 Å². The van der Waals surface area contributed by atoms with Gasteiger partial charge in [0.15, 0.2) is 8.46 Å². The average molecular weight is 276 g/mol. The molecule has 0 amide bonds. The SMILES string of the molecule is O=Pc1cccc(-c2ccccc2)c1-c1ccccc1. The first-order chi connectivity index (χ1) is 9.90. The molecule has 2 heteroatoms. The average Bonchev–Trinajstić information content (AvgIpc) is 2.55. The molecule has 0 aromatic heterocycles. The molecule has 0 radical (unpaired) electrons. The van der Waals surface area contributed by atoms with E-state index in [9.17, 15) is 4.57 Å². The minimum Gasteiger partial charge on any atom is -0.269 e. The van der Waals surface area contributed by atoms with Crippen molar-refractivity contribution in [1.82, 2.24) is 0 Å². The quantitative estimate of drug-likeness (QED) is 0.619. The van der Waals surface area contributed by atoms with Crippen LogP contribution in [0.4, 0.5) is 0 Å². The number of benzene rings is 3. The topological polar surface area (TPSA) is 17.1 Å². The molecule has 3 rings (SSSR count). The van der Waals surface area contributed by atoms with Crippen molar-refractivity contribution in [3.63, 3.8) is 0 Å². The highest BCUT2D eigenvalue weighted by molar-refractivity contribution is 7.34. The summed E-state index contributed by atoms with van der Waals surface area (Å²) >= 11 is 0. The van der Waals surface area contributed by atoms with E-state index >= 15 is 0 Å². The van der Waals surface area contributed by atoms with Gasteiger partial charge in [0, 0.05) is 5.56 Å². The Morgan fingerprint density at radius 2 is 1.20 bits per heavy atom. The van der Waals surface area contributed by atoms with Crippen LogP contribution < -0.4 is 5.30 Å². The third-order valence-corrected chi connectivity index (χ3v) is 3.86. The van der Waals surface area contributed by atoms with E-state index in [1.807, 2.05) is 48.5 Å². The summed E-state index contributed by atoms with van der Waals surface area (Å²) in [5.41, 5.74) is 4.37. The van der Waals surface area contributed by atoms with Crippen LogP contribution in [0.2, 0.25) is 0 Å². The zero-order valence-electron chi connectivity index (χ0n) is 10.9. The molecule has 3 aromatic carbocycles. The second-order valence-electron chi connectivity index (χ2n) is 4.52. The van der Waals surface area contributed by atoms with Crippen molar-refractivity contribution in [1.29, 1.82) is 0 Å². The summed E-state index contributed by atoms with van der Waals surface area (Å²) in [5, 5.41) is 0.817. The van der Waals surface area contributed by atoms with Crippen LogP contribution in [0, 0.1) is 0 Å². The lowest BCUT2D eigenvalue weighted by Crippen LogP contribution is -2.00. The first kappa shape index (κ1) is 12.8. The molecular weight excluding hydrogens is 263 g/mol. The molecule has 0 spiro atoms. The molecule has 0 N–H and O–H groups in total. The van der Waals surface area contributed by atoms with Gasteiger partial charge in [0.2, 0.25) is 0 Å². The van der Waals surface area contributed by atoms with E-state index in [2.05, 4.69) is 30.3 Å². The zero-order chi connectivity index (χ0) is 13.8. The highest BCUT2D eigenvalue weighted by Crippen LogP contribution is 2.32. The minimum absolute atomic E-state index is 0.0474. The third kappa shape index (κ3) is 2.41. The van der Waals surface area contributed by atoms with Gasteiger partial charge in [-0.05, 0) is 22.8 Å². The Morgan fingerprint density at radius 1 is 0.600 bits per heavy atom. The molecule has 0 aliphatic carbocycles. The van der Waals surface area contributed by atoms with E-state index < -0.39 is 0 Å². The molecule has 0 atom stereocenters. The second kappa shape index (κ2) is 5.81. The summed E-state index contributed by atoms with van der Waals surface area (Å²) in [6.07, 6.45) is 0. The number of hydrogen-bond acceptors (Lipinski definition) is 1. The van der Waals surface area contributed by atoms with Gasteiger partial charge in [-0.25, -0.2) is 0 Å². The normalized spacial score (nSPS) is 10.6. The summed E-state index contributed by atoms with van der Waals surface area (Å²) in [6, 6.07) is 26.2. The third-order valence-electron chi connectivity index (χ3n) is 3.29. The maximum absolute atomic E-state index is 11.5. The molecule has 0 bridgehead atoms. The van der Waals surface area contributed by atoms with Crippen LogP contribution in [0.1, 0.15) is 0 Å². The van der Waals surface area contributed by atoms with Crippen LogP contribution >= 0.6 is 8.46 Å². The van der Waals surface area contributed by atoms with Gasteiger partial charge in [0.05, 0.1) is 5.30 Å². The van der Waals surface area contributed by atoms with E-state index in [0.717, 1.165) is 27.6 Å². The highest BCUT2D eigenvalue weighted by atomic mass is 31.1. The van der Waals surface area contributed by atoms with Crippen LogP contribution in [-0.4, -0.2) is 0 Å². The van der Waals surface area contributed by atoms with Gasteiger partial charge < -0.3 is 0 Å². The lowest BCUT2D eigenvalue weighted by Gasteiger charge is -2.12. The molecule has 0 saturated heterocycles. The van der Waals surface area contributed by atoms with Gasteiger partial charge in [0.1, 0.15) is 0 Å². The number of hydrogen-bond donors (Lipinski definition) is 0. The Balaban J connectivity index is 2.29. The summed E-state index contributed by atoms with van der Waals surface area (Å²) in [7, 11) is 0.0474. The fourth-order valence-corrected chi connectivity index (χ4v) is 2.87. The zero-order valence-corrected chi connectivity index (χ0v) is 11.8. The Bertz CT molecular complexity index is 721. The second-order valence-corrected chi connectivity index (χ2v) is 5.19. The Kier molecular flexibility index (Phi) is 3.71. The van der Waals surface area contributed by atoms with Crippen molar-refractivity contribution >= 4 is 13.8 Å². The Labute approximate surface area is 120 Å². The molecule has 0 saturated carbocycles. The van der Waals surface area contributed by atoms with Crippen LogP contribution in [0.15, 0.2) is 78.9 Å². The van der Waals surface area contributed by atoms with Gasteiger partial charge in [-0.15, -0.1) is 0 Å². The van der Waals surface area contributed by atoms with Gasteiger partial charge in [-0.1, -0.05) is 72.8 Å². The maximum atomic E-state index is 11.5. The molecule has 96 valence electrons. The molecule has 0 heterocycles. The van der Waals surface area contributed by atoms with Gasteiger partial charge >= 0.3 is 0 Å². The smallest absolute Gasteiger partial charge is 0.192 e. The van der Waals surface area contributed by atoms with E-state index in [1.165, 1.54) is 0 Å². The van der Waals surface area contributed by atoms with Gasteiger partial charge in [0.25, 0.3) is 0 Å². The molecule has 0 fully saturated rings. The summed E-state index contributed by atoms with van der Waals surface area (Å²) in [6.45, 7) is 0. The molecule has 1 nitrogen and oxygen atoms in total. The standard InChI is InChI=1S/C18H13OP/c19-20-17-13-7-12-16(14-8-3-1-4-9-14)18(17)15-10-5-2-6-11-15/h1-13H. The molecule has 3 aromatic rings. The fraction of sp³-hybridized carbons (Fsp3) is 0. The predicted octanol–water partition coefficient (Wildman–Crippen LogP) is 4.94. The van der Waals surface area contributed by atoms with Crippen LogP contribution in [0.3, 0.4) is 0 Å². The van der Waals surface area contributed by atoms with Crippen LogP contribution in [0.5, 0.6) is 0 Å². The summed E-state index contributed by atoms with van der Waals surface area (Å²) < 4.78 is 11.5. The lowest BCUT2D eigenvalue weighted by molar-refractivity contribution is 0.603. The van der Waals surface area contributed by atoms with E-state index in [4.69, 9.17) is 0 Å².